The van der Waals surface area contributed by atoms with Crippen LogP contribution in [0.15, 0.2) is 0 Å². The minimum Gasteiger partial charge on any atom is -0.394 e. The van der Waals surface area contributed by atoms with Gasteiger partial charge in [-0.2, -0.15) is 0 Å². The lowest BCUT2D eigenvalue weighted by atomic mass is 10.1. The van der Waals surface area contributed by atoms with Gasteiger partial charge in [0.05, 0.1) is 11.2 Å². The van der Waals surface area contributed by atoms with Gasteiger partial charge in [0, 0.05) is 0 Å². The fourth-order valence-corrected chi connectivity index (χ4v) is 5.16. The van der Waals surface area contributed by atoms with Crippen molar-refractivity contribution in [1.29, 1.82) is 0 Å². The van der Waals surface area contributed by atoms with E-state index in [-0.39, 0.29) is 17.3 Å². The zero-order valence-corrected chi connectivity index (χ0v) is 11.8. The Kier molecular flexibility index (Phi) is 4.66. The number of hydrogen-bond acceptors (Lipinski definition) is 6. The second-order valence-corrected chi connectivity index (χ2v) is 7.58. The normalized spacial score (nSPS) is 36.0. The highest BCUT2D eigenvalue weighted by Crippen LogP contribution is 2.42. The summed E-state index contributed by atoms with van der Waals surface area (Å²) in [4.78, 5) is 0. The van der Waals surface area contributed by atoms with Crippen LogP contribution < -0.4 is 0 Å². The Balaban J connectivity index is 2.06. The van der Waals surface area contributed by atoms with E-state index in [9.17, 15) is 5.11 Å². The Morgan fingerprint density at radius 3 is 2.53 bits per heavy atom. The van der Waals surface area contributed by atoms with Crippen molar-refractivity contribution < 1.29 is 19.7 Å². The Morgan fingerprint density at radius 2 is 1.94 bits per heavy atom. The van der Waals surface area contributed by atoms with E-state index in [1.165, 1.54) is 6.42 Å². The summed E-state index contributed by atoms with van der Waals surface area (Å²) in [6, 6.07) is 0. The van der Waals surface area contributed by atoms with E-state index in [0.717, 1.165) is 11.5 Å². The SMILES string of the molecule is CC1(C)O[C@@H]([C@H](O)CO)[C@@H](C2SCCCS2)O1. The van der Waals surface area contributed by atoms with Gasteiger partial charge in [0.2, 0.25) is 0 Å². The van der Waals surface area contributed by atoms with Crippen LogP contribution in [0, 0.1) is 0 Å². The molecule has 2 aliphatic rings. The Labute approximate surface area is 110 Å². The summed E-state index contributed by atoms with van der Waals surface area (Å²) < 4.78 is 11.9. The molecule has 0 radical (unpaired) electrons. The zero-order valence-electron chi connectivity index (χ0n) is 10.2. The number of thioether (sulfide) groups is 2. The molecular formula is C11H20O4S2. The third kappa shape index (κ3) is 3.30. The smallest absolute Gasteiger partial charge is 0.163 e. The Hall–Kier alpha value is 0.540. The molecule has 2 rings (SSSR count). The molecule has 0 aromatic rings. The number of rotatable bonds is 3. The van der Waals surface area contributed by atoms with Crippen LogP contribution in [-0.2, 0) is 9.47 Å². The van der Waals surface area contributed by atoms with Crippen molar-refractivity contribution in [3.05, 3.63) is 0 Å². The first kappa shape index (κ1) is 14.0. The van der Waals surface area contributed by atoms with Crippen molar-refractivity contribution in [2.24, 2.45) is 0 Å². The van der Waals surface area contributed by atoms with Gasteiger partial charge in [-0.05, 0) is 31.8 Å². The zero-order chi connectivity index (χ0) is 12.5. The molecule has 0 aromatic carbocycles. The first-order valence-corrected chi connectivity index (χ1v) is 8.01. The first-order chi connectivity index (χ1) is 8.03. The van der Waals surface area contributed by atoms with Crippen LogP contribution >= 0.6 is 23.5 Å². The van der Waals surface area contributed by atoms with Gasteiger partial charge in [0.25, 0.3) is 0 Å². The van der Waals surface area contributed by atoms with Crippen molar-refractivity contribution in [2.45, 2.75) is 48.9 Å². The number of ether oxygens (including phenoxy) is 2. The number of hydrogen-bond donors (Lipinski definition) is 2. The minimum absolute atomic E-state index is 0.151. The van der Waals surface area contributed by atoms with Crippen LogP contribution in [0.1, 0.15) is 20.3 Å². The highest BCUT2D eigenvalue weighted by atomic mass is 32.2. The highest BCUT2D eigenvalue weighted by Gasteiger charge is 2.48. The molecule has 2 saturated heterocycles. The molecule has 0 amide bonds. The molecule has 2 aliphatic heterocycles. The fraction of sp³-hybridized carbons (Fsp3) is 1.00. The Morgan fingerprint density at radius 1 is 1.29 bits per heavy atom. The van der Waals surface area contributed by atoms with Gasteiger partial charge in [-0.1, -0.05) is 0 Å². The Bertz CT molecular complexity index is 256. The molecule has 0 unspecified atom stereocenters. The third-order valence-electron chi connectivity index (χ3n) is 2.85. The van der Waals surface area contributed by atoms with Gasteiger partial charge in [-0.25, -0.2) is 0 Å². The first-order valence-electron chi connectivity index (χ1n) is 5.91. The maximum atomic E-state index is 9.82. The molecule has 6 heteroatoms. The van der Waals surface area contributed by atoms with Gasteiger partial charge in [-0.15, -0.1) is 23.5 Å². The van der Waals surface area contributed by atoms with Gasteiger partial charge < -0.3 is 19.7 Å². The molecule has 3 atom stereocenters. The molecule has 2 N–H and O–H groups in total. The third-order valence-corrected chi connectivity index (χ3v) is 5.91. The topological polar surface area (TPSA) is 58.9 Å². The van der Waals surface area contributed by atoms with E-state index in [1.54, 1.807) is 0 Å². The van der Waals surface area contributed by atoms with Crippen LogP contribution in [0.2, 0.25) is 0 Å². The molecule has 2 fully saturated rings. The van der Waals surface area contributed by atoms with Crippen molar-refractivity contribution in [3.8, 4) is 0 Å². The van der Waals surface area contributed by atoms with Gasteiger partial charge in [0.15, 0.2) is 5.79 Å². The lowest BCUT2D eigenvalue weighted by Gasteiger charge is -2.29. The van der Waals surface area contributed by atoms with E-state index in [0.29, 0.717) is 0 Å². The second kappa shape index (κ2) is 5.67. The average molecular weight is 280 g/mol. The molecule has 0 saturated carbocycles. The summed E-state index contributed by atoms with van der Waals surface area (Å²) in [5.74, 6) is 1.57. The molecule has 0 bridgehead atoms. The minimum atomic E-state index is -0.870. The van der Waals surface area contributed by atoms with E-state index < -0.39 is 18.0 Å². The van der Waals surface area contributed by atoms with Crippen molar-refractivity contribution in [1.82, 2.24) is 0 Å². The summed E-state index contributed by atoms with van der Waals surface area (Å²) in [5.41, 5.74) is 0. The van der Waals surface area contributed by atoms with Crippen molar-refractivity contribution >= 4 is 23.5 Å². The van der Waals surface area contributed by atoms with Crippen LogP contribution in [0.4, 0.5) is 0 Å². The van der Waals surface area contributed by atoms with Gasteiger partial charge in [0.1, 0.15) is 18.3 Å². The highest BCUT2D eigenvalue weighted by molar-refractivity contribution is 8.17. The van der Waals surface area contributed by atoms with E-state index >= 15 is 0 Å². The lowest BCUT2D eigenvalue weighted by Crippen LogP contribution is -2.42. The molecule has 2 heterocycles. The summed E-state index contributed by atoms with van der Waals surface area (Å²) in [5, 5.41) is 18.9. The van der Waals surface area contributed by atoms with Gasteiger partial charge >= 0.3 is 0 Å². The number of aliphatic hydroxyl groups is 2. The summed E-state index contributed by atoms with van der Waals surface area (Å²) in [6.45, 7) is 3.41. The molecule has 4 nitrogen and oxygen atoms in total. The molecule has 100 valence electrons. The predicted molar refractivity (Wildman–Crippen MR) is 70.2 cm³/mol. The summed E-state index contributed by atoms with van der Waals surface area (Å²) in [7, 11) is 0. The monoisotopic (exact) mass is 280 g/mol. The lowest BCUT2D eigenvalue weighted by molar-refractivity contribution is -0.156. The largest absolute Gasteiger partial charge is 0.394 e. The molecule has 17 heavy (non-hydrogen) atoms. The van der Waals surface area contributed by atoms with E-state index in [2.05, 4.69) is 0 Å². The summed E-state index contributed by atoms with van der Waals surface area (Å²) >= 11 is 3.72. The van der Waals surface area contributed by atoms with Gasteiger partial charge in [-0.3, -0.25) is 0 Å². The van der Waals surface area contributed by atoms with Crippen molar-refractivity contribution in [3.63, 3.8) is 0 Å². The maximum absolute atomic E-state index is 9.82. The molecule has 0 aliphatic carbocycles. The standard InChI is InChI=1S/C11H20O4S2/c1-11(2)14-8(7(13)6-12)9(15-11)10-16-4-3-5-17-10/h7-10,12-13H,3-6H2,1-2H3/t7-,8+,9+/m1/s1. The van der Waals surface area contributed by atoms with E-state index in [1.807, 2.05) is 37.4 Å². The summed E-state index contributed by atoms with van der Waals surface area (Å²) in [6.07, 6.45) is -0.235. The van der Waals surface area contributed by atoms with Crippen molar-refractivity contribution in [2.75, 3.05) is 18.1 Å². The fourth-order valence-electron chi connectivity index (χ4n) is 2.12. The predicted octanol–water partition coefficient (Wildman–Crippen LogP) is 1.06. The van der Waals surface area contributed by atoms with Crippen LogP contribution in [0.25, 0.3) is 0 Å². The van der Waals surface area contributed by atoms with Crippen LogP contribution in [0.3, 0.4) is 0 Å². The second-order valence-electron chi connectivity index (χ2n) is 4.78. The molecule has 0 aromatic heterocycles. The molecule has 0 spiro atoms. The molecular weight excluding hydrogens is 260 g/mol. The maximum Gasteiger partial charge on any atom is 0.163 e. The van der Waals surface area contributed by atoms with Crippen LogP contribution in [0.5, 0.6) is 0 Å². The quantitative estimate of drug-likeness (QED) is 0.806. The van der Waals surface area contributed by atoms with E-state index in [4.69, 9.17) is 14.6 Å². The average Bonchev–Trinajstić information content (AvgIpc) is 2.65. The van der Waals surface area contributed by atoms with Crippen LogP contribution in [-0.4, -0.2) is 57.0 Å². The number of aliphatic hydroxyl groups excluding tert-OH is 2.